The van der Waals surface area contributed by atoms with Crippen LogP contribution in [0.25, 0.3) is 10.8 Å². The predicted molar refractivity (Wildman–Crippen MR) is 105 cm³/mol. The number of hydrogen-bond acceptors (Lipinski definition) is 4. The van der Waals surface area contributed by atoms with Crippen LogP contribution >= 0.6 is 0 Å². The van der Waals surface area contributed by atoms with Crippen LogP contribution in [0.3, 0.4) is 0 Å². The highest BCUT2D eigenvalue weighted by Gasteiger charge is 2.26. The van der Waals surface area contributed by atoms with Crippen molar-refractivity contribution < 1.29 is 9.18 Å². The molecular formula is C21H21FN4O2. The molecule has 6 nitrogen and oxygen atoms in total. The van der Waals surface area contributed by atoms with Gasteiger partial charge in [-0.2, -0.15) is 5.10 Å². The lowest BCUT2D eigenvalue weighted by Crippen LogP contribution is -2.42. The summed E-state index contributed by atoms with van der Waals surface area (Å²) in [7, 11) is 0. The van der Waals surface area contributed by atoms with Crippen molar-refractivity contribution in [2.45, 2.75) is 25.3 Å². The van der Waals surface area contributed by atoms with E-state index >= 15 is 0 Å². The molecule has 1 aromatic heterocycles. The molecule has 0 bridgehead atoms. The monoisotopic (exact) mass is 380 g/mol. The van der Waals surface area contributed by atoms with Gasteiger partial charge in [0.05, 0.1) is 16.6 Å². The summed E-state index contributed by atoms with van der Waals surface area (Å²) in [4.78, 5) is 24.3. The van der Waals surface area contributed by atoms with Crippen molar-refractivity contribution in [1.82, 2.24) is 15.5 Å². The molecule has 4 rings (SSSR count). The van der Waals surface area contributed by atoms with Crippen molar-refractivity contribution >= 4 is 16.7 Å². The molecule has 0 unspecified atom stereocenters. The zero-order valence-electron chi connectivity index (χ0n) is 15.2. The van der Waals surface area contributed by atoms with E-state index in [1.807, 2.05) is 12.1 Å². The Morgan fingerprint density at radius 2 is 1.96 bits per heavy atom. The Morgan fingerprint density at radius 1 is 1.21 bits per heavy atom. The maximum Gasteiger partial charge on any atom is 0.272 e. The van der Waals surface area contributed by atoms with Crippen molar-refractivity contribution in [3.63, 3.8) is 0 Å². The largest absolute Gasteiger partial charge is 0.352 e. The molecule has 144 valence electrons. The first kappa shape index (κ1) is 18.3. The number of benzene rings is 2. The van der Waals surface area contributed by atoms with E-state index in [0.717, 1.165) is 23.8 Å². The lowest BCUT2D eigenvalue weighted by atomic mass is 9.81. The molecule has 7 heteroatoms. The van der Waals surface area contributed by atoms with Gasteiger partial charge in [0.1, 0.15) is 5.82 Å². The van der Waals surface area contributed by atoms with E-state index in [4.69, 9.17) is 5.73 Å². The van der Waals surface area contributed by atoms with E-state index in [1.54, 1.807) is 24.3 Å². The highest BCUT2D eigenvalue weighted by molar-refractivity contribution is 5.94. The van der Waals surface area contributed by atoms with E-state index < -0.39 is 11.7 Å². The zero-order valence-corrected chi connectivity index (χ0v) is 15.2. The van der Waals surface area contributed by atoms with Crippen LogP contribution < -0.4 is 16.6 Å². The van der Waals surface area contributed by atoms with Gasteiger partial charge in [-0.1, -0.05) is 24.3 Å². The molecule has 0 aliphatic heterocycles. The van der Waals surface area contributed by atoms with E-state index in [-0.39, 0.29) is 17.2 Å². The number of amides is 1. The number of nitrogens with one attached hydrogen (secondary N) is 2. The third kappa shape index (κ3) is 3.66. The molecule has 1 saturated carbocycles. The summed E-state index contributed by atoms with van der Waals surface area (Å²) in [6, 6.07) is 11.8. The Kier molecular flexibility index (Phi) is 4.92. The van der Waals surface area contributed by atoms with Gasteiger partial charge in [-0.15, -0.1) is 0 Å². The summed E-state index contributed by atoms with van der Waals surface area (Å²) < 4.78 is 14.2. The molecule has 3 aromatic rings. The number of hydrogen-bond donors (Lipinski definition) is 3. The number of carbonyl (C=O) groups excluding carboxylic acids is 1. The molecule has 0 spiro atoms. The van der Waals surface area contributed by atoms with Crippen LogP contribution in [-0.2, 0) is 6.42 Å². The highest BCUT2D eigenvalue weighted by Crippen LogP contribution is 2.24. The second-order valence-electron chi connectivity index (χ2n) is 7.34. The van der Waals surface area contributed by atoms with Gasteiger partial charge in [0.25, 0.3) is 11.5 Å². The molecule has 1 heterocycles. The number of halogens is 1. The summed E-state index contributed by atoms with van der Waals surface area (Å²) in [5.74, 6) is -0.633. The van der Waals surface area contributed by atoms with E-state index in [2.05, 4.69) is 15.5 Å². The molecular weight excluding hydrogens is 359 g/mol. The quantitative estimate of drug-likeness (QED) is 0.631. The minimum Gasteiger partial charge on any atom is -0.352 e. The van der Waals surface area contributed by atoms with Gasteiger partial charge in [-0.3, -0.25) is 9.59 Å². The fourth-order valence-corrected chi connectivity index (χ4v) is 3.64. The second-order valence-corrected chi connectivity index (χ2v) is 7.34. The maximum atomic E-state index is 14.2. The molecule has 1 aliphatic carbocycles. The first-order valence-corrected chi connectivity index (χ1v) is 9.30. The molecule has 4 N–H and O–H groups in total. The normalized spacial score (nSPS) is 18.6. The Hall–Kier alpha value is -3.06. The highest BCUT2D eigenvalue weighted by atomic mass is 19.1. The van der Waals surface area contributed by atoms with Crippen LogP contribution in [0, 0.1) is 11.7 Å². The number of fused-ring (bicyclic) bond motifs is 1. The van der Waals surface area contributed by atoms with Crippen LogP contribution in [0.4, 0.5) is 4.39 Å². The Morgan fingerprint density at radius 3 is 2.71 bits per heavy atom. The smallest absolute Gasteiger partial charge is 0.272 e. The van der Waals surface area contributed by atoms with Gasteiger partial charge in [0, 0.05) is 24.4 Å². The SMILES string of the molecule is NC1CC(CNC(=O)c2cc(Cc3n[nH]c(=O)c4ccccc34)ccc2F)C1. The van der Waals surface area contributed by atoms with Crippen LogP contribution in [0.15, 0.2) is 47.3 Å². The predicted octanol–water partition coefficient (Wildman–Crippen LogP) is 2.12. The topological polar surface area (TPSA) is 101 Å². The second kappa shape index (κ2) is 7.52. The molecule has 0 saturated heterocycles. The van der Waals surface area contributed by atoms with E-state index in [1.165, 1.54) is 6.07 Å². The van der Waals surface area contributed by atoms with Crippen LogP contribution in [-0.4, -0.2) is 28.7 Å². The lowest BCUT2D eigenvalue weighted by Gasteiger charge is -2.32. The molecule has 1 fully saturated rings. The van der Waals surface area contributed by atoms with Crippen LogP contribution in [0.2, 0.25) is 0 Å². The number of H-pyrrole nitrogens is 1. The molecule has 1 aliphatic rings. The number of aromatic amines is 1. The average molecular weight is 380 g/mol. The maximum absolute atomic E-state index is 14.2. The Labute approximate surface area is 161 Å². The van der Waals surface area contributed by atoms with Gasteiger partial charge in [0.15, 0.2) is 0 Å². The number of aromatic nitrogens is 2. The molecule has 2 aromatic carbocycles. The lowest BCUT2D eigenvalue weighted by molar-refractivity contribution is 0.0931. The first-order chi connectivity index (χ1) is 13.5. The summed E-state index contributed by atoms with van der Waals surface area (Å²) in [6.45, 7) is 0.502. The summed E-state index contributed by atoms with van der Waals surface area (Å²) in [5.41, 5.74) is 6.91. The minimum absolute atomic E-state index is 0.00912. The van der Waals surface area contributed by atoms with Crippen molar-refractivity contribution in [2.75, 3.05) is 6.54 Å². The molecule has 1 amide bonds. The van der Waals surface area contributed by atoms with E-state index in [9.17, 15) is 14.0 Å². The number of nitrogens with zero attached hydrogens (tertiary/aromatic N) is 1. The standard InChI is InChI=1S/C21H21FN4O2/c22-18-6-5-12(9-17(18)20(27)24-11-13-7-14(23)8-13)10-19-15-3-1-2-4-16(15)21(28)26-25-19/h1-6,9,13-14H,7-8,10-11,23H2,(H,24,27)(H,26,28). The number of nitrogens with two attached hydrogens (primary N) is 1. The third-order valence-corrected chi connectivity index (χ3v) is 5.25. The fraction of sp³-hybridized carbons (Fsp3) is 0.286. The van der Waals surface area contributed by atoms with Crippen LogP contribution in [0.1, 0.15) is 34.5 Å². The zero-order chi connectivity index (χ0) is 19.7. The summed E-state index contributed by atoms with van der Waals surface area (Å²) in [6.07, 6.45) is 2.14. The first-order valence-electron chi connectivity index (χ1n) is 9.30. The van der Waals surface area contributed by atoms with Gasteiger partial charge in [-0.05, 0) is 42.5 Å². The van der Waals surface area contributed by atoms with Crippen molar-refractivity contribution in [1.29, 1.82) is 0 Å². The van der Waals surface area contributed by atoms with Gasteiger partial charge in [-0.25, -0.2) is 9.49 Å². The van der Waals surface area contributed by atoms with E-state index in [0.29, 0.717) is 30.0 Å². The molecule has 28 heavy (non-hydrogen) atoms. The van der Waals surface area contributed by atoms with Gasteiger partial charge in [0.2, 0.25) is 0 Å². The number of rotatable bonds is 5. The molecule has 0 radical (unpaired) electrons. The summed E-state index contributed by atoms with van der Waals surface area (Å²) in [5, 5.41) is 10.7. The Bertz CT molecular complexity index is 1090. The van der Waals surface area contributed by atoms with Crippen molar-refractivity contribution in [3.8, 4) is 0 Å². The summed E-state index contributed by atoms with van der Waals surface area (Å²) >= 11 is 0. The van der Waals surface area contributed by atoms with Crippen molar-refractivity contribution in [3.05, 3.63) is 75.5 Å². The fourth-order valence-electron chi connectivity index (χ4n) is 3.64. The number of carbonyl (C=O) groups is 1. The van der Waals surface area contributed by atoms with Crippen LogP contribution in [0.5, 0.6) is 0 Å². The average Bonchev–Trinajstić information content (AvgIpc) is 2.68. The molecule has 0 atom stereocenters. The van der Waals surface area contributed by atoms with Gasteiger partial charge < -0.3 is 11.1 Å². The van der Waals surface area contributed by atoms with Gasteiger partial charge >= 0.3 is 0 Å². The van der Waals surface area contributed by atoms with Crippen molar-refractivity contribution in [2.24, 2.45) is 11.7 Å². The third-order valence-electron chi connectivity index (χ3n) is 5.25. The Balaban J connectivity index is 1.55. The minimum atomic E-state index is -0.564.